The summed E-state index contributed by atoms with van der Waals surface area (Å²) in [5.41, 5.74) is 4.23. The van der Waals surface area contributed by atoms with E-state index >= 15 is 0 Å². The Bertz CT molecular complexity index is 1510. The van der Waals surface area contributed by atoms with Crippen LogP contribution in [0.1, 0.15) is 34.5 Å². The van der Waals surface area contributed by atoms with Gasteiger partial charge in [-0.05, 0) is 23.6 Å². The van der Waals surface area contributed by atoms with E-state index in [1.807, 2.05) is 128 Å². The van der Waals surface area contributed by atoms with Crippen molar-refractivity contribution in [3.05, 3.63) is 148 Å². The molecule has 182 valence electrons. The van der Waals surface area contributed by atoms with E-state index in [1.165, 1.54) is 4.68 Å². The number of nitrogens with one attached hydrogen (secondary N) is 1. The molecule has 1 heterocycles. The lowest BCUT2D eigenvalue weighted by molar-refractivity contribution is 0.0941. The normalized spacial score (nSPS) is 10.9. The second-order valence-electron chi connectivity index (χ2n) is 8.68. The highest BCUT2D eigenvalue weighted by Gasteiger charge is 2.27. The van der Waals surface area contributed by atoms with Crippen LogP contribution in [-0.4, -0.2) is 15.7 Å². The molecule has 5 rings (SSSR count). The molecule has 0 bridgehead atoms. The summed E-state index contributed by atoms with van der Waals surface area (Å²) in [6, 6.07) is 38.3. The van der Waals surface area contributed by atoms with Gasteiger partial charge in [0.2, 0.25) is 0 Å². The largest absolute Gasteiger partial charge is 0.341 e. The fraction of sp³-hybridized carbons (Fsp3) is 0.0938. The molecule has 0 fully saturated rings. The van der Waals surface area contributed by atoms with Crippen molar-refractivity contribution < 1.29 is 4.79 Å². The van der Waals surface area contributed by atoms with Crippen LogP contribution in [0.5, 0.6) is 0 Å². The Morgan fingerprint density at radius 1 is 0.730 bits per heavy atom. The molecule has 0 aliphatic carbocycles. The lowest BCUT2D eigenvalue weighted by atomic mass is 9.94. The van der Waals surface area contributed by atoms with E-state index < -0.39 is 17.5 Å². The fourth-order valence-electron chi connectivity index (χ4n) is 4.53. The highest BCUT2D eigenvalue weighted by molar-refractivity contribution is 6.04. The molecule has 1 amide bonds. The molecular weight excluding hydrogens is 458 g/mol. The summed E-state index contributed by atoms with van der Waals surface area (Å²) in [5, 5.41) is 7.87. The number of hydrogen-bond donors (Lipinski definition) is 1. The SMILES string of the molecule is CCn1nc(-c2ccccc2)c(-c2ccccc2)c(C(=O)NC(c2ccccc2)c2ccccc2)c1=O. The van der Waals surface area contributed by atoms with Gasteiger partial charge in [-0.1, -0.05) is 121 Å². The molecule has 4 aromatic carbocycles. The zero-order chi connectivity index (χ0) is 25.6. The summed E-state index contributed by atoms with van der Waals surface area (Å²) in [6.07, 6.45) is 0. The van der Waals surface area contributed by atoms with Crippen LogP contribution in [0.2, 0.25) is 0 Å². The van der Waals surface area contributed by atoms with Crippen molar-refractivity contribution >= 4 is 5.91 Å². The minimum absolute atomic E-state index is 0.0822. The van der Waals surface area contributed by atoms with E-state index in [0.717, 1.165) is 22.3 Å². The fourth-order valence-corrected chi connectivity index (χ4v) is 4.53. The first-order valence-electron chi connectivity index (χ1n) is 12.3. The number of hydrogen-bond acceptors (Lipinski definition) is 3. The van der Waals surface area contributed by atoms with Crippen molar-refractivity contribution in [3.63, 3.8) is 0 Å². The Kier molecular flexibility index (Phi) is 7.04. The number of aromatic nitrogens is 2. The van der Waals surface area contributed by atoms with E-state index in [1.54, 1.807) is 0 Å². The van der Waals surface area contributed by atoms with Gasteiger partial charge in [0.1, 0.15) is 5.56 Å². The van der Waals surface area contributed by atoms with Gasteiger partial charge in [0.05, 0.1) is 11.7 Å². The standard InChI is InChI=1S/C32H27N3O2/c1-2-35-32(37)28(27(23-15-7-3-8-16-23)30(34-35)26-21-13-6-14-22-26)31(36)33-29(24-17-9-4-10-18-24)25-19-11-5-12-20-25/h3-22,29H,2H2,1H3,(H,33,36). The monoisotopic (exact) mass is 485 g/mol. The summed E-state index contributed by atoms with van der Waals surface area (Å²) < 4.78 is 1.36. The van der Waals surface area contributed by atoms with Crippen LogP contribution in [0.3, 0.4) is 0 Å². The summed E-state index contributed by atoms with van der Waals surface area (Å²) >= 11 is 0. The number of carbonyl (C=O) groups excluding carboxylic acids is 1. The zero-order valence-corrected chi connectivity index (χ0v) is 20.5. The number of rotatable bonds is 7. The molecule has 0 atom stereocenters. The molecular formula is C32H27N3O2. The summed E-state index contributed by atoms with van der Waals surface area (Å²) in [6.45, 7) is 2.19. The van der Waals surface area contributed by atoms with E-state index in [2.05, 4.69) is 5.32 Å². The lowest BCUT2D eigenvalue weighted by Crippen LogP contribution is -2.37. The molecule has 1 N–H and O–H groups in total. The maximum atomic E-state index is 14.1. The minimum atomic E-state index is -0.441. The summed E-state index contributed by atoms with van der Waals surface area (Å²) in [4.78, 5) is 27.8. The lowest BCUT2D eigenvalue weighted by Gasteiger charge is -2.22. The van der Waals surface area contributed by atoms with Crippen LogP contribution >= 0.6 is 0 Å². The molecule has 0 saturated heterocycles. The van der Waals surface area contributed by atoms with Crippen molar-refractivity contribution in [1.29, 1.82) is 0 Å². The van der Waals surface area contributed by atoms with Crippen molar-refractivity contribution in [3.8, 4) is 22.4 Å². The first kappa shape index (κ1) is 23.9. The van der Waals surface area contributed by atoms with E-state index in [-0.39, 0.29) is 5.56 Å². The molecule has 0 aliphatic heterocycles. The highest BCUT2D eigenvalue weighted by atomic mass is 16.2. The minimum Gasteiger partial charge on any atom is -0.341 e. The van der Waals surface area contributed by atoms with Crippen LogP contribution in [0.15, 0.2) is 126 Å². The molecule has 1 aromatic heterocycles. The maximum Gasteiger partial charge on any atom is 0.280 e. The number of nitrogens with zero attached hydrogens (tertiary/aromatic N) is 2. The second-order valence-corrected chi connectivity index (χ2v) is 8.68. The van der Waals surface area contributed by atoms with Crippen LogP contribution in [-0.2, 0) is 6.54 Å². The average molecular weight is 486 g/mol. The van der Waals surface area contributed by atoms with Gasteiger partial charge in [0.25, 0.3) is 11.5 Å². The Hall–Kier alpha value is -4.77. The van der Waals surface area contributed by atoms with Gasteiger partial charge in [-0.25, -0.2) is 4.68 Å². The predicted molar refractivity (Wildman–Crippen MR) is 147 cm³/mol. The number of amides is 1. The molecule has 0 saturated carbocycles. The van der Waals surface area contributed by atoms with E-state index in [0.29, 0.717) is 17.8 Å². The van der Waals surface area contributed by atoms with Gasteiger partial charge in [0.15, 0.2) is 0 Å². The van der Waals surface area contributed by atoms with Gasteiger partial charge in [-0.15, -0.1) is 0 Å². The van der Waals surface area contributed by atoms with Crippen LogP contribution in [0, 0.1) is 0 Å². The first-order chi connectivity index (χ1) is 18.2. The highest BCUT2D eigenvalue weighted by Crippen LogP contribution is 2.32. The zero-order valence-electron chi connectivity index (χ0n) is 20.5. The molecule has 0 unspecified atom stereocenters. The van der Waals surface area contributed by atoms with Crippen molar-refractivity contribution in [1.82, 2.24) is 15.1 Å². The van der Waals surface area contributed by atoms with Gasteiger partial charge < -0.3 is 5.32 Å². The molecule has 0 radical (unpaired) electrons. The summed E-state index contributed by atoms with van der Waals surface area (Å²) in [7, 11) is 0. The van der Waals surface area contributed by atoms with Crippen LogP contribution in [0.4, 0.5) is 0 Å². The van der Waals surface area contributed by atoms with Crippen molar-refractivity contribution in [2.75, 3.05) is 0 Å². The van der Waals surface area contributed by atoms with E-state index in [4.69, 9.17) is 5.10 Å². The van der Waals surface area contributed by atoms with Gasteiger partial charge in [-0.3, -0.25) is 9.59 Å². The van der Waals surface area contributed by atoms with Crippen molar-refractivity contribution in [2.45, 2.75) is 19.5 Å². The maximum absolute atomic E-state index is 14.1. The molecule has 5 nitrogen and oxygen atoms in total. The number of aryl methyl sites for hydroxylation is 1. The third-order valence-corrected chi connectivity index (χ3v) is 6.33. The molecule has 5 heteroatoms. The molecule has 37 heavy (non-hydrogen) atoms. The second kappa shape index (κ2) is 10.9. The molecule has 0 spiro atoms. The Labute approximate surface area is 216 Å². The Morgan fingerprint density at radius 3 is 1.68 bits per heavy atom. The third-order valence-electron chi connectivity index (χ3n) is 6.33. The van der Waals surface area contributed by atoms with Crippen LogP contribution in [0.25, 0.3) is 22.4 Å². The first-order valence-corrected chi connectivity index (χ1v) is 12.3. The van der Waals surface area contributed by atoms with Gasteiger partial charge in [0, 0.05) is 17.7 Å². The molecule has 5 aromatic rings. The van der Waals surface area contributed by atoms with Crippen molar-refractivity contribution in [2.24, 2.45) is 0 Å². The van der Waals surface area contributed by atoms with Gasteiger partial charge in [-0.2, -0.15) is 5.10 Å². The molecule has 0 aliphatic rings. The quantitative estimate of drug-likeness (QED) is 0.302. The third kappa shape index (κ3) is 4.98. The Balaban J connectivity index is 1.72. The van der Waals surface area contributed by atoms with Gasteiger partial charge >= 0.3 is 0 Å². The van der Waals surface area contributed by atoms with Crippen LogP contribution < -0.4 is 10.9 Å². The Morgan fingerprint density at radius 2 is 1.19 bits per heavy atom. The van der Waals surface area contributed by atoms with E-state index in [9.17, 15) is 9.59 Å². The predicted octanol–water partition coefficient (Wildman–Crippen LogP) is 6.12. The average Bonchev–Trinajstić information content (AvgIpc) is 2.97. The topological polar surface area (TPSA) is 64.0 Å². The number of carbonyl (C=O) groups is 1. The smallest absolute Gasteiger partial charge is 0.280 e. The summed E-state index contributed by atoms with van der Waals surface area (Å²) in [5.74, 6) is -0.441. The number of benzene rings is 4.